The fraction of sp³-hybridized carbons (Fsp3) is 0.100. The Morgan fingerprint density at radius 1 is 1.25 bits per heavy atom. The summed E-state index contributed by atoms with van der Waals surface area (Å²) in [5, 5.41) is 14.6. The minimum atomic E-state index is -2.94. The number of anilines is 1. The molecule has 2 aromatic carbocycles. The Balaban J connectivity index is 1.83. The van der Waals surface area contributed by atoms with Gasteiger partial charge in [-0.25, -0.2) is 4.98 Å². The molecule has 28 heavy (non-hydrogen) atoms. The molecule has 3 aromatic rings. The van der Waals surface area contributed by atoms with Gasteiger partial charge in [0.1, 0.15) is 28.1 Å². The van der Waals surface area contributed by atoms with Gasteiger partial charge in [-0.2, -0.15) is 14.0 Å². The van der Waals surface area contributed by atoms with Crippen molar-refractivity contribution < 1.29 is 18.3 Å². The maximum absolute atomic E-state index is 12.5. The number of thiazole rings is 1. The third-order valence-corrected chi connectivity index (χ3v) is 4.57. The smallest absolute Gasteiger partial charge is 0.387 e. The number of benzene rings is 2. The minimum absolute atomic E-state index is 0.0118. The number of nitrogens with zero attached hydrogens (tertiary/aromatic N) is 2. The van der Waals surface area contributed by atoms with Crippen molar-refractivity contribution in [3.63, 3.8) is 0 Å². The van der Waals surface area contributed by atoms with E-state index in [0.29, 0.717) is 22.1 Å². The van der Waals surface area contributed by atoms with Crippen LogP contribution in [0.15, 0.2) is 60.1 Å². The van der Waals surface area contributed by atoms with E-state index in [2.05, 4.69) is 21.1 Å². The molecule has 0 atom stereocenters. The first kappa shape index (κ1) is 19.3. The van der Waals surface area contributed by atoms with E-state index in [9.17, 15) is 14.0 Å². The predicted molar refractivity (Wildman–Crippen MR) is 104 cm³/mol. The number of alkyl halides is 2. The first-order chi connectivity index (χ1) is 13.6. The summed E-state index contributed by atoms with van der Waals surface area (Å²) in [5.41, 5.74) is 2.16. The van der Waals surface area contributed by atoms with Gasteiger partial charge >= 0.3 is 6.61 Å². The zero-order valence-corrected chi connectivity index (χ0v) is 15.5. The number of allylic oxidation sites excluding steroid dienone is 1. The Morgan fingerprint density at radius 2 is 2.07 bits per heavy atom. The van der Waals surface area contributed by atoms with Crippen molar-refractivity contribution in [3.8, 4) is 28.8 Å². The highest BCUT2D eigenvalue weighted by atomic mass is 32.1. The highest BCUT2D eigenvalue weighted by molar-refractivity contribution is 7.11. The quantitative estimate of drug-likeness (QED) is 0.539. The average molecular weight is 399 g/mol. The zero-order valence-electron chi connectivity index (χ0n) is 14.7. The lowest BCUT2D eigenvalue weighted by Crippen LogP contribution is -2.04. The fourth-order valence-electron chi connectivity index (χ4n) is 2.39. The molecule has 0 saturated carbocycles. The molecule has 0 radical (unpaired) electrons. The average Bonchev–Trinajstić information content (AvgIpc) is 3.19. The molecule has 1 heterocycles. The van der Waals surface area contributed by atoms with Gasteiger partial charge in [0, 0.05) is 17.1 Å². The molecule has 0 aliphatic rings. The molecular formula is C20H15F2N3O2S. The Labute approximate surface area is 164 Å². The van der Waals surface area contributed by atoms with Crippen molar-refractivity contribution in [3.05, 3.63) is 65.1 Å². The van der Waals surface area contributed by atoms with E-state index in [1.54, 1.807) is 25.3 Å². The monoisotopic (exact) mass is 399 g/mol. The van der Waals surface area contributed by atoms with E-state index in [4.69, 9.17) is 4.74 Å². The molecule has 5 nitrogen and oxygen atoms in total. The van der Waals surface area contributed by atoms with Crippen LogP contribution in [-0.2, 0) is 0 Å². The number of ether oxygens (including phenoxy) is 2. The summed E-state index contributed by atoms with van der Waals surface area (Å²) < 4.78 is 34.7. The van der Waals surface area contributed by atoms with Gasteiger partial charge in [-0.15, -0.1) is 11.3 Å². The van der Waals surface area contributed by atoms with Gasteiger partial charge in [0.25, 0.3) is 0 Å². The lowest BCUT2D eigenvalue weighted by atomic mass is 10.1. The highest BCUT2D eigenvalue weighted by Gasteiger charge is 2.11. The molecule has 0 fully saturated rings. The van der Waals surface area contributed by atoms with Crippen LogP contribution in [0.1, 0.15) is 5.01 Å². The van der Waals surface area contributed by atoms with E-state index in [1.807, 2.05) is 29.6 Å². The van der Waals surface area contributed by atoms with Crippen LogP contribution in [0.25, 0.3) is 16.8 Å². The van der Waals surface area contributed by atoms with Crippen molar-refractivity contribution in [1.82, 2.24) is 4.98 Å². The van der Waals surface area contributed by atoms with Crippen molar-refractivity contribution in [2.45, 2.75) is 6.61 Å². The molecule has 0 aliphatic heterocycles. The van der Waals surface area contributed by atoms with Gasteiger partial charge in [-0.3, -0.25) is 0 Å². The molecule has 0 saturated heterocycles. The molecule has 1 N–H and O–H groups in total. The summed E-state index contributed by atoms with van der Waals surface area (Å²) >= 11 is 1.31. The summed E-state index contributed by atoms with van der Waals surface area (Å²) in [6, 6.07) is 15.8. The topological polar surface area (TPSA) is 67.2 Å². The van der Waals surface area contributed by atoms with E-state index in [1.165, 1.54) is 23.6 Å². The number of nitriles is 1. The number of rotatable bonds is 7. The van der Waals surface area contributed by atoms with E-state index in [0.717, 1.165) is 5.56 Å². The second-order valence-corrected chi connectivity index (χ2v) is 6.32. The number of nitrogens with one attached hydrogen (secondary N) is 1. The Kier molecular flexibility index (Phi) is 6.19. The number of halogens is 2. The zero-order chi connectivity index (χ0) is 19.9. The van der Waals surface area contributed by atoms with Gasteiger partial charge in [-0.05, 0) is 24.3 Å². The maximum atomic E-state index is 12.5. The molecule has 142 valence electrons. The molecule has 0 spiro atoms. The standard InChI is InChI=1S/C20H15F2N3O2S/c1-26-15-6-4-5-13(9-15)17-12-28-19(25-17)14(10-23)11-24-16-7-2-3-8-18(16)27-20(21)22/h2-9,11-12,20,24H,1H3. The van der Waals surface area contributed by atoms with E-state index >= 15 is 0 Å². The third kappa shape index (κ3) is 4.64. The normalized spacial score (nSPS) is 11.2. The molecular weight excluding hydrogens is 384 g/mol. The predicted octanol–water partition coefficient (Wildman–Crippen LogP) is 5.40. The second-order valence-electron chi connectivity index (χ2n) is 5.46. The first-order valence-corrected chi connectivity index (χ1v) is 8.99. The van der Waals surface area contributed by atoms with E-state index < -0.39 is 6.61 Å². The SMILES string of the molecule is COc1cccc(-c2csc(C(C#N)=CNc3ccccc3OC(F)F)n2)c1. The summed E-state index contributed by atoms with van der Waals surface area (Å²) in [6.45, 7) is -2.94. The van der Waals surface area contributed by atoms with Gasteiger partial charge in [0.2, 0.25) is 0 Å². The summed E-state index contributed by atoms with van der Waals surface area (Å²) in [5.74, 6) is 0.697. The summed E-state index contributed by atoms with van der Waals surface area (Å²) in [4.78, 5) is 4.49. The largest absolute Gasteiger partial charge is 0.497 e. The number of hydrogen-bond acceptors (Lipinski definition) is 6. The second kappa shape index (κ2) is 8.97. The van der Waals surface area contributed by atoms with Gasteiger partial charge in [-0.1, -0.05) is 24.3 Å². The van der Waals surface area contributed by atoms with Gasteiger partial charge in [0.15, 0.2) is 0 Å². The molecule has 1 aromatic heterocycles. The van der Waals surface area contributed by atoms with Crippen LogP contribution in [0.2, 0.25) is 0 Å². The van der Waals surface area contributed by atoms with Gasteiger partial charge < -0.3 is 14.8 Å². The molecule has 0 aliphatic carbocycles. The first-order valence-electron chi connectivity index (χ1n) is 8.11. The van der Waals surface area contributed by atoms with Gasteiger partial charge in [0.05, 0.1) is 18.5 Å². The Morgan fingerprint density at radius 3 is 2.82 bits per heavy atom. The number of para-hydroxylation sites is 2. The Bertz CT molecular complexity index is 1030. The molecule has 3 rings (SSSR count). The van der Waals surface area contributed by atoms with Crippen LogP contribution in [0.4, 0.5) is 14.5 Å². The number of methoxy groups -OCH3 is 1. The van der Waals surface area contributed by atoms with Crippen LogP contribution in [0, 0.1) is 11.3 Å². The number of hydrogen-bond donors (Lipinski definition) is 1. The minimum Gasteiger partial charge on any atom is -0.497 e. The van der Waals surface area contributed by atoms with E-state index in [-0.39, 0.29) is 11.3 Å². The fourth-order valence-corrected chi connectivity index (χ4v) is 3.18. The van der Waals surface area contributed by atoms with Crippen molar-refractivity contribution in [1.29, 1.82) is 5.26 Å². The molecule has 8 heteroatoms. The van der Waals surface area contributed by atoms with Crippen LogP contribution in [0.5, 0.6) is 11.5 Å². The van der Waals surface area contributed by atoms with Crippen LogP contribution < -0.4 is 14.8 Å². The van der Waals surface area contributed by atoms with Crippen LogP contribution in [0.3, 0.4) is 0 Å². The van der Waals surface area contributed by atoms with Crippen LogP contribution in [-0.4, -0.2) is 18.7 Å². The highest BCUT2D eigenvalue weighted by Crippen LogP contribution is 2.29. The maximum Gasteiger partial charge on any atom is 0.387 e. The third-order valence-electron chi connectivity index (χ3n) is 3.70. The summed E-state index contributed by atoms with van der Waals surface area (Å²) in [7, 11) is 1.59. The van der Waals surface area contributed by atoms with Crippen LogP contribution >= 0.6 is 11.3 Å². The summed E-state index contributed by atoms with van der Waals surface area (Å²) in [6.07, 6.45) is 1.42. The lowest BCUT2D eigenvalue weighted by Gasteiger charge is -2.10. The molecule has 0 bridgehead atoms. The Hall–Kier alpha value is -3.44. The molecule has 0 unspecified atom stereocenters. The number of aromatic nitrogens is 1. The molecule has 0 amide bonds. The van der Waals surface area contributed by atoms with Crippen molar-refractivity contribution >= 4 is 22.6 Å². The van der Waals surface area contributed by atoms with Crippen molar-refractivity contribution in [2.24, 2.45) is 0 Å². The lowest BCUT2D eigenvalue weighted by molar-refractivity contribution is -0.0493. The van der Waals surface area contributed by atoms with Crippen molar-refractivity contribution in [2.75, 3.05) is 12.4 Å².